The molecule has 2 atom stereocenters. The molecule has 3 heteroatoms. The molecule has 0 spiro atoms. The van der Waals surface area contributed by atoms with E-state index in [0.29, 0.717) is 11.9 Å². The molecule has 1 aliphatic heterocycles. The van der Waals surface area contributed by atoms with E-state index in [1.807, 2.05) is 7.05 Å². The Morgan fingerprint density at radius 1 is 1.44 bits per heavy atom. The summed E-state index contributed by atoms with van der Waals surface area (Å²) in [5, 5.41) is 3.14. The van der Waals surface area contributed by atoms with Crippen LogP contribution in [0.15, 0.2) is 0 Å². The average Bonchev–Trinajstić information content (AvgIpc) is 3.10. The van der Waals surface area contributed by atoms with Gasteiger partial charge in [-0.15, -0.1) is 0 Å². The number of nitrogens with one attached hydrogen (secondary N) is 1. The number of nitrogens with zero attached hydrogens (tertiary/aromatic N) is 1. The lowest BCUT2D eigenvalue weighted by Gasteiger charge is -2.38. The van der Waals surface area contributed by atoms with Crippen LogP contribution in [0, 0.1) is 5.92 Å². The normalized spacial score (nSPS) is 28.2. The predicted molar refractivity (Wildman–Crippen MR) is 65.2 cm³/mol. The van der Waals surface area contributed by atoms with Gasteiger partial charge in [0.2, 0.25) is 5.91 Å². The van der Waals surface area contributed by atoms with Gasteiger partial charge in [0.15, 0.2) is 0 Å². The van der Waals surface area contributed by atoms with Crippen LogP contribution in [0.2, 0.25) is 0 Å². The molecule has 1 amide bonds. The van der Waals surface area contributed by atoms with Gasteiger partial charge in [0, 0.05) is 12.6 Å². The monoisotopic (exact) mass is 224 g/mol. The summed E-state index contributed by atoms with van der Waals surface area (Å²) in [5.74, 6) is 1.24. The third-order valence-electron chi connectivity index (χ3n) is 4.04. The van der Waals surface area contributed by atoms with Crippen LogP contribution in [-0.2, 0) is 4.79 Å². The molecular weight excluding hydrogens is 200 g/mol. The van der Waals surface area contributed by atoms with Crippen LogP contribution in [0.25, 0.3) is 0 Å². The second-order valence-electron chi connectivity index (χ2n) is 5.26. The Hall–Kier alpha value is -0.570. The molecular formula is C13H24N2O. The number of carbonyl (C=O) groups excluding carboxylic acids is 1. The second kappa shape index (κ2) is 5.17. The number of likely N-dealkylation sites (N-methyl/N-ethyl adjacent to an activating group) is 1. The van der Waals surface area contributed by atoms with Crippen molar-refractivity contribution in [3.05, 3.63) is 0 Å². The van der Waals surface area contributed by atoms with Gasteiger partial charge in [-0.2, -0.15) is 0 Å². The highest BCUT2D eigenvalue weighted by Crippen LogP contribution is 2.36. The number of rotatable bonds is 5. The molecule has 1 N–H and O–H groups in total. The minimum atomic E-state index is 0.0713. The summed E-state index contributed by atoms with van der Waals surface area (Å²) in [4.78, 5) is 14.4. The van der Waals surface area contributed by atoms with Crippen molar-refractivity contribution in [1.82, 2.24) is 10.2 Å². The Labute approximate surface area is 98.6 Å². The fourth-order valence-corrected chi connectivity index (χ4v) is 2.78. The van der Waals surface area contributed by atoms with Gasteiger partial charge < -0.3 is 10.2 Å². The fourth-order valence-electron chi connectivity index (χ4n) is 2.78. The first-order valence-electron chi connectivity index (χ1n) is 6.74. The molecule has 1 aliphatic carbocycles. The molecule has 2 fully saturated rings. The van der Waals surface area contributed by atoms with E-state index >= 15 is 0 Å². The lowest BCUT2D eigenvalue weighted by molar-refractivity contribution is -0.138. The van der Waals surface area contributed by atoms with E-state index < -0.39 is 0 Å². The molecule has 1 saturated carbocycles. The van der Waals surface area contributed by atoms with Gasteiger partial charge in [-0.25, -0.2) is 0 Å². The SMILES string of the molecule is CCC(CC1CC1)N1CCCC(NC)C1=O. The zero-order valence-corrected chi connectivity index (χ0v) is 10.5. The lowest BCUT2D eigenvalue weighted by Crippen LogP contribution is -2.53. The maximum atomic E-state index is 12.2. The lowest BCUT2D eigenvalue weighted by atomic mass is 9.99. The van der Waals surface area contributed by atoms with Crippen molar-refractivity contribution in [2.75, 3.05) is 13.6 Å². The molecule has 0 radical (unpaired) electrons. The van der Waals surface area contributed by atoms with E-state index in [-0.39, 0.29) is 6.04 Å². The standard InChI is InChI=1S/C13H24N2O/c1-3-11(9-10-6-7-10)15-8-4-5-12(14-2)13(15)16/h10-12,14H,3-9H2,1-2H3. The Morgan fingerprint density at radius 2 is 2.19 bits per heavy atom. The number of piperidine rings is 1. The fraction of sp³-hybridized carbons (Fsp3) is 0.923. The van der Waals surface area contributed by atoms with Gasteiger partial charge in [0.1, 0.15) is 0 Å². The summed E-state index contributed by atoms with van der Waals surface area (Å²) in [6, 6.07) is 0.568. The maximum Gasteiger partial charge on any atom is 0.239 e. The van der Waals surface area contributed by atoms with Crippen LogP contribution in [0.1, 0.15) is 45.4 Å². The van der Waals surface area contributed by atoms with E-state index in [1.54, 1.807) is 0 Å². The van der Waals surface area contributed by atoms with Gasteiger partial charge in [-0.05, 0) is 38.6 Å². The Balaban J connectivity index is 1.96. The van der Waals surface area contributed by atoms with Gasteiger partial charge in [0.25, 0.3) is 0 Å². The summed E-state index contributed by atoms with van der Waals surface area (Å²) >= 11 is 0. The number of likely N-dealkylation sites (tertiary alicyclic amines) is 1. The first kappa shape index (κ1) is 11.9. The number of hydrogen-bond acceptors (Lipinski definition) is 2. The second-order valence-corrected chi connectivity index (χ2v) is 5.26. The van der Waals surface area contributed by atoms with E-state index in [9.17, 15) is 4.79 Å². The first-order chi connectivity index (χ1) is 7.76. The van der Waals surface area contributed by atoms with Crippen molar-refractivity contribution in [1.29, 1.82) is 0 Å². The van der Waals surface area contributed by atoms with Crippen LogP contribution in [0.3, 0.4) is 0 Å². The van der Waals surface area contributed by atoms with Gasteiger partial charge in [-0.1, -0.05) is 19.8 Å². The summed E-state index contributed by atoms with van der Waals surface area (Å²) in [5.41, 5.74) is 0. The van der Waals surface area contributed by atoms with E-state index in [0.717, 1.165) is 31.7 Å². The number of amides is 1. The number of carbonyl (C=O) groups is 1. The van der Waals surface area contributed by atoms with Crippen LogP contribution in [0.5, 0.6) is 0 Å². The first-order valence-corrected chi connectivity index (χ1v) is 6.74. The van der Waals surface area contributed by atoms with Crippen molar-refractivity contribution in [2.45, 2.75) is 57.5 Å². The highest BCUT2D eigenvalue weighted by Gasteiger charge is 2.34. The van der Waals surface area contributed by atoms with E-state index in [1.165, 1.54) is 19.3 Å². The largest absolute Gasteiger partial charge is 0.338 e. The molecule has 1 saturated heterocycles. The molecule has 0 aromatic carbocycles. The molecule has 2 aliphatic rings. The van der Waals surface area contributed by atoms with E-state index in [2.05, 4.69) is 17.1 Å². The summed E-state index contributed by atoms with van der Waals surface area (Å²) in [7, 11) is 1.90. The minimum absolute atomic E-state index is 0.0713. The van der Waals surface area contributed by atoms with Crippen molar-refractivity contribution in [3.8, 4) is 0 Å². The molecule has 0 aromatic rings. The van der Waals surface area contributed by atoms with Gasteiger partial charge in [-0.3, -0.25) is 4.79 Å². The summed E-state index contributed by atoms with van der Waals surface area (Å²) < 4.78 is 0. The summed E-state index contributed by atoms with van der Waals surface area (Å²) in [6.45, 7) is 3.19. The topological polar surface area (TPSA) is 32.3 Å². The molecule has 0 bridgehead atoms. The molecule has 1 heterocycles. The van der Waals surface area contributed by atoms with Crippen molar-refractivity contribution >= 4 is 5.91 Å². The van der Waals surface area contributed by atoms with Crippen LogP contribution in [-0.4, -0.2) is 36.5 Å². The molecule has 2 unspecified atom stereocenters. The third kappa shape index (κ3) is 2.57. The number of hydrogen-bond donors (Lipinski definition) is 1. The van der Waals surface area contributed by atoms with E-state index in [4.69, 9.17) is 0 Å². The van der Waals surface area contributed by atoms with Crippen molar-refractivity contribution in [2.24, 2.45) is 5.92 Å². The van der Waals surface area contributed by atoms with Crippen molar-refractivity contribution < 1.29 is 4.79 Å². The zero-order valence-electron chi connectivity index (χ0n) is 10.5. The molecule has 2 rings (SSSR count). The van der Waals surface area contributed by atoms with Crippen LogP contribution in [0.4, 0.5) is 0 Å². The average molecular weight is 224 g/mol. The smallest absolute Gasteiger partial charge is 0.239 e. The van der Waals surface area contributed by atoms with Gasteiger partial charge >= 0.3 is 0 Å². The zero-order chi connectivity index (χ0) is 11.5. The van der Waals surface area contributed by atoms with Crippen molar-refractivity contribution in [3.63, 3.8) is 0 Å². The quantitative estimate of drug-likeness (QED) is 0.772. The van der Waals surface area contributed by atoms with Crippen LogP contribution < -0.4 is 5.32 Å². The van der Waals surface area contributed by atoms with Gasteiger partial charge in [0.05, 0.1) is 6.04 Å². The van der Waals surface area contributed by atoms with Crippen LogP contribution >= 0.6 is 0 Å². The molecule has 16 heavy (non-hydrogen) atoms. The molecule has 92 valence electrons. The highest BCUT2D eigenvalue weighted by atomic mass is 16.2. The summed E-state index contributed by atoms with van der Waals surface area (Å²) in [6.07, 6.45) is 7.27. The maximum absolute atomic E-state index is 12.2. The highest BCUT2D eigenvalue weighted by molar-refractivity contribution is 5.82. The minimum Gasteiger partial charge on any atom is -0.338 e. The Bertz CT molecular complexity index is 250. The predicted octanol–water partition coefficient (Wildman–Crippen LogP) is 1.78. The molecule has 0 aromatic heterocycles. The third-order valence-corrected chi connectivity index (χ3v) is 4.04. The molecule has 3 nitrogen and oxygen atoms in total. The Kier molecular flexibility index (Phi) is 3.85. The Morgan fingerprint density at radius 3 is 2.75 bits per heavy atom.